The van der Waals surface area contributed by atoms with Crippen LogP contribution in [0, 0.1) is 0 Å². The molecule has 0 radical (unpaired) electrons. The lowest BCUT2D eigenvalue weighted by Gasteiger charge is -2.29. The third-order valence-corrected chi connectivity index (χ3v) is 3.39. The van der Waals surface area contributed by atoms with Crippen LogP contribution in [0.25, 0.3) is 0 Å². The minimum atomic E-state index is 0.323. The third-order valence-electron chi connectivity index (χ3n) is 3.15. The number of ether oxygens (including phenoxy) is 1. The highest BCUT2D eigenvalue weighted by Gasteiger charge is 2.20. The molecule has 1 aromatic carbocycles. The summed E-state index contributed by atoms with van der Waals surface area (Å²) in [5.74, 6) is 1.48. The predicted molar refractivity (Wildman–Crippen MR) is 67.4 cm³/mol. The van der Waals surface area contributed by atoms with Crippen LogP contribution in [0.1, 0.15) is 31.7 Å². The summed E-state index contributed by atoms with van der Waals surface area (Å²) in [6.45, 7) is 6.28. The van der Waals surface area contributed by atoms with Crippen LogP contribution < -0.4 is 10.1 Å². The predicted octanol–water partition coefficient (Wildman–Crippen LogP) is 3.20. The van der Waals surface area contributed by atoms with E-state index in [1.54, 1.807) is 0 Å². The Bertz CT molecular complexity index is 363. The maximum absolute atomic E-state index is 6.03. The molecule has 1 N–H and O–H groups in total. The van der Waals surface area contributed by atoms with Gasteiger partial charge in [-0.05, 0) is 36.1 Å². The first-order valence-corrected chi connectivity index (χ1v) is 6.25. The van der Waals surface area contributed by atoms with Crippen LogP contribution in [-0.2, 0) is 0 Å². The Morgan fingerprint density at radius 3 is 2.81 bits per heavy atom. The van der Waals surface area contributed by atoms with Crippen molar-refractivity contribution >= 4 is 11.6 Å². The van der Waals surface area contributed by atoms with Crippen molar-refractivity contribution in [1.82, 2.24) is 5.32 Å². The van der Waals surface area contributed by atoms with Crippen molar-refractivity contribution in [3.8, 4) is 5.75 Å². The van der Waals surface area contributed by atoms with Gasteiger partial charge in [0, 0.05) is 18.1 Å². The number of hydrogen-bond acceptors (Lipinski definition) is 2. The van der Waals surface area contributed by atoms with Gasteiger partial charge in [0.25, 0.3) is 0 Å². The normalized spacial score (nSPS) is 17.9. The van der Waals surface area contributed by atoms with E-state index in [4.69, 9.17) is 16.3 Å². The molecule has 1 aliphatic heterocycles. The lowest BCUT2D eigenvalue weighted by atomic mass is 9.97. The molecule has 1 aromatic rings. The van der Waals surface area contributed by atoms with E-state index in [9.17, 15) is 0 Å². The second kappa shape index (κ2) is 5.07. The molecule has 0 amide bonds. The van der Waals surface area contributed by atoms with Gasteiger partial charge >= 0.3 is 0 Å². The van der Waals surface area contributed by atoms with Crippen molar-refractivity contribution in [1.29, 1.82) is 0 Å². The van der Waals surface area contributed by atoms with Gasteiger partial charge in [-0.1, -0.05) is 25.4 Å². The van der Waals surface area contributed by atoms with Gasteiger partial charge in [0.2, 0.25) is 0 Å². The lowest BCUT2D eigenvalue weighted by molar-refractivity contribution is 0.140. The first-order valence-electron chi connectivity index (χ1n) is 5.87. The highest BCUT2D eigenvalue weighted by molar-refractivity contribution is 6.30. The standard InChI is InChI=1S/C13H18ClNO/c1-3-9(2)12-6-10(14)4-5-13(12)16-11-7-15-8-11/h4-6,9,11,15H,3,7-8H2,1-2H3. The molecule has 16 heavy (non-hydrogen) atoms. The lowest BCUT2D eigenvalue weighted by Crippen LogP contribution is -2.50. The van der Waals surface area contributed by atoms with Crippen LogP contribution in [0.5, 0.6) is 5.75 Å². The van der Waals surface area contributed by atoms with E-state index in [0.29, 0.717) is 12.0 Å². The van der Waals surface area contributed by atoms with Gasteiger partial charge in [-0.15, -0.1) is 0 Å². The molecular formula is C13H18ClNO. The highest BCUT2D eigenvalue weighted by Crippen LogP contribution is 2.32. The molecule has 2 rings (SSSR count). The molecule has 3 heteroatoms. The maximum atomic E-state index is 6.03. The Kier molecular flexibility index (Phi) is 3.72. The molecule has 1 fully saturated rings. The Morgan fingerprint density at radius 1 is 1.50 bits per heavy atom. The topological polar surface area (TPSA) is 21.3 Å². The quantitative estimate of drug-likeness (QED) is 0.871. The Morgan fingerprint density at radius 2 is 2.25 bits per heavy atom. The Balaban J connectivity index is 2.20. The van der Waals surface area contributed by atoms with Crippen LogP contribution >= 0.6 is 11.6 Å². The molecule has 1 atom stereocenters. The smallest absolute Gasteiger partial charge is 0.123 e. The molecule has 0 spiro atoms. The molecule has 1 unspecified atom stereocenters. The summed E-state index contributed by atoms with van der Waals surface area (Å²) in [5.41, 5.74) is 1.22. The van der Waals surface area contributed by atoms with E-state index < -0.39 is 0 Å². The molecular weight excluding hydrogens is 222 g/mol. The van der Waals surface area contributed by atoms with Gasteiger partial charge in [0.05, 0.1) is 0 Å². The number of hydrogen-bond donors (Lipinski definition) is 1. The minimum Gasteiger partial charge on any atom is -0.487 e. The second-order valence-corrected chi connectivity index (χ2v) is 4.83. The molecule has 1 saturated heterocycles. The average molecular weight is 240 g/mol. The Hall–Kier alpha value is -0.730. The molecule has 0 bridgehead atoms. The summed E-state index contributed by atoms with van der Waals surface area (Å²) in [6.07, 6.45) is 1.42. The maximum Gasteiger partial charge on any atom is 0.123 e. The van der Waals surface area contributed by atoms with Crippen LogP contribution in [-0.4, -0.2) is 19.2 Å². The summed E-state index contributed by atoms with van der Waals surface area (Å²) in [4.78, 5) is 0. The zero-order valence-electron chi connectivity index (χ0n) is 9.79. The highest BCUT2D eigenvalue weighted by atomic mass is 35.5. The number of nitrogens with one attached hydrogen (secondary N) is 1. The summed E-state index contributed by atoms with van der Waals surface area (Å²) >= 11 is 6.03. The van der Waals surface area contributed by atoms with Gasteiger partial charge in [0.1, 0.15) is 11.9 Å². The van der Waals surface area contributed by atoms with Gasteiger partial charge in [0.15, 0.2) is 0 Å². The zero-order valence-corrected chi connectivity index (χ0v) is 10.6. The van der Waals surface area contributed by atoms with E-state index in [-0.39, 0.29) is 0 Å². The van der Waals surface area contributed by atoms with Gasteiger partial charge in [-0.2, -0.15) is 0 Å². The summed E-state index contributed by atoms with van der Waals surface area (Å²) in [5, 5.41) is 3.99. The fourth-order valence-electron chi connectivity index (χ4n) is 1.76. The van der Waals surface area contributed by atoms with Gasteiger partial charge in [-0.25, -0.2) is 0 Å². The van der Waals surface area contributed by atoms with Crippen molar-refractivity contribution in [3.63, 3.8) is 0 Å². The zero-order chi connectivity index (χ0) is 11.5. The van der Waals surface area contributed by atoms with Crippen molar-refractivity contribution in [2.24, 2.45) is 0 Å². The van der Waals surface area contributed by atoms with Crippen LogP contribution in [0.4, 0.5) is 0 Å². The van der Waals surface area contributed by atoms with Crippen molar-refractivity contribution < 1.29 is 4.74 Å². The summed E-state index contributed by atoms with van der Waals surface area (Å²) < 4.78 is 5.94. The van der Waals surface area contributed by atoms with Gasteiger partial charge < -0.3 is 10.1 Å². The van der Waals surface area contributed by atoms with Gasteiger partial charge in [-0.3, -0.25) is 0 Å². The second-order valence-electron chi connectivity index (χ2n) is 4.39. The summed E-state index contributed by atoms with van der Waals surface area (Å²) in [6, 6.07) is 5.91. The minimum absolute atomic E-state index is 0.323. The third kappa shape index (κ3) is 2.50. The van der Waals surface area contributed by atoms with E-state index in [1.807, 2.05) is 18.2 Å². The molecule has 88 valence electrons. The largest absolute Gasteiger partial charge is 0.487 e. The van der Waals surface area contributed by atoms with E-state index in [2.05, 4.69) is 19.2 Å². The van der Waals surface area contributed by atoms with Crippen LogP contribution in [0.3, 0.4) is 0 Å². The van der Waals surface area contributed by atoms with E-state index in [0.717, 1.165) is 30.3 Å². The number of rotatable bonds is 4. The average Bonchev–Trinajstić information content (AvgIpc) is 2.23. The fraction of sp³-hybridized carbons (Fsp3) is 0.538. The molecule has 1 aliphatic rings. The number of benzene rings is 1. The van der Waals surface area contributed by atoms with Crippen LogP contribution in [0.15, 0.2) is 18.2 Å². The Labute approximate surface area is 102 Å². The monoisotopic (exact) mass is 239 g/mol. The first kappa shape index (κ1) is 11.7. The van der Waals surface area contributed by atoms with Crippen molar-refractivity contribution in [2.45, 2.75) is 32.3 Å². The van der Waals surface area contributed by atoms with E-state index in [1.165, 1.54) is 5.56 Å². The molecule has 0 saturated carbocycles. The van der Waals surface area contributed by atoms with Crippen molar-refractivity contribution in [2.75, 3.05) is 13.1 Å². The van der Waals surface area contributed by atoms with Crippen LogP contribution in [0.2, 0.25) is 5.02 Å². The summed E-state index contributed by atoms with van der Waals surface area (Å²) in [7, 11) is 0. The fourth-order valence-corrected chi connectivity index (χ4v) is 1.94. The van der Waals surface area contributed by atoms with Crippen molar-refractivity contribution in [3.05, 3.63) is 28.8 Å². The first-order chi connectivity index (χ1) is 7.70. The van der Waals surface area contributed by atoms with E-state index >= 15 is 0 Å². The molecule has 0 aromatic heterocycles. The number of halogens is 1. The molecule has 2 nitrogen and oxygen atoms in total. The molecule has 0 aliphatic carbocycles. The SMILES string of the molecule is CCC(C)c1cc(Cl)ccc1OC1CNC1. The molecule has 1 heterocycles.